The number of Topliss-reactive ketones (excluding diaryl/α,β-unsaturated/α-hetero) is 1. The number of aliphatic imine (C=N–C) groups is 1. The highest BCUT2D eigenvalue weighted by Crippen LogP contribution is 2.36. The topological polar surface area (TPSA) is 87.0 Å². The first-order valence-electron chi connectivity index (χ1n) is 7.26. The van der Waals surface area contributed by atoms with E-state index in [1.54, 1.807) is 6.92 Å². The highest BCUT2D eigenvalue weighted by atomic mass is 16.4. The van der Waals surface area contributed by atoms with Gasteiger partial charge in [0.15, 0.2) is 5.78 Å². The minimum Gasteiger partial charge on any atom is -0.511 e. The molecule has 1 aliphatic rings. The Kier molecular flexibility index (Phi) is 5.31. The summed E-state index contributed by atoms with van der Waals surface area (Å²) >= 11 is 0. The largest absolute Gasteiger partial charge is 0.511 e. The van der Waals surface area contributed by atoms with E-state index in [1.807, 2.05) is 27.7 Å². The third-order valence-corrected chi connectivity index (χ3v) is 3.54. The lowest BCUT2D eigenvalue weighted by Gasteiger charge is -2.29. The fourth-order valence-corrected chi connectivity index (χ4v) is 2.65. The molecule has 2 N–H and O–H groups in total. The van der Waals surface area contributed by atoms with Crippen LogP contribution in [0.5, 0.6) is 0 Å². The predicted octanol–water partition coefficient (Wildman–Crippen LogP) is 3.15. The zero-order valence-corrected chi connectivity index (χ0v) is 13.4. The zero-order chi connectivity index (χ0) is 16.4. The molecule has 0 saturated heterocycles. The van der Waals surface area contributed by atoms with Crippen LogP contribution in [-0.4, -0.2) is 33.7 Å². The van der Waals surface area contributed by atoms with Gasteiger partial charge in [0.05, 0.1) is 5.57 Å². The Morgan fingerprint density at radius 2 is 1.90 bits per heavy atom. The molecule has 0 aromatic rings. The predicted molar refractivity (Wildman–Crippen MR) is 81.7 cm³/mol. The Labute approximate surface area is 125 Å². The smallest absolute Gasteiger partial charge is 0.328 e. The third-order valence-electron chi connectivity index (χ3n) is 3.54. The summed E-state index contributed by atoms with van der Waals surface area (Å²) in [7, 11) is 0. The van der Waals surface area contributed by atoms with Crippen molar-refractivity contribution in [3.05, 3.63) is 11.3 Å². The lowest BCUT2D eigenvalue weighted by atomic mass is 9.75. The number of rotatable bonds is 5. The zero-order valence-electron chi connectivity index (χ0n) is 13.4. The molecule has 0 amide bonds. The first-order chi connectivity index (χ1) is 9.53. The van der Waals surface area contributed by atoms with Gasteiger partial charge in [0.25, 0.3) is 0 Å². The summed E-state index contributed by atoms with van der Waals surface area (Å²) in [5.74, 6) is -0.970. The minimum atomic E-state index is -1.01. The highest BCUT2D eigenvalue weighted by molar-refractivity contribution is 6.22. The Morgan fingerprint density at radius 1 is 1.33 bits per heavy atom. The van der Waals surface area contributed by atoms with Crippen LogP contribution in [0.25, 0.3) is 0 Å². The van der Waals surface area contributed by atoms with Crippen molar-refractivity contribution in [3.63, 3.8) is 0 Å². The first kappa shape index (κ1) is 17.4. The number of allylic oxidation sites excluding steroid dienone is 2. The van der Waals surface area contributed by atoms with E-state index in [1.165, 1.54) is 0 Å². The van der Waals surface area contributed by atoms with Gasteiger partial charge in [-0.1, -0.05) is 27.7 Å². The molecule has 0 bridgehead atoms. The van der Waals surface area contributed by atoms with Crippen LogP contribution in [0, 0.1) is 11.3 Å². The molecular formula is C16H25NO4. The quantitative estimate of drug-likeness (QED) is 0.763. The van der Waals surface area contributed by atoms with Crippen LogP contribution in [0.1, 0.15) is 53.9 Å². The van der Waals surface area contributed by atoms with E-state index in [0.29, 0.717) is 25.0 Å². The standard InChI is InChI=1S/C16H25NO4/c1-9(2)6-11(15(20)21)17-10(3)14-12(18)7-16(4,5)8-13(14)19/h9,11,18H,6-8H2,1-5H3,(H,20,21)/t11-/m0/s1. The van der Waals surface area contributed by atoms with Crippen molar-refractivity contribution in [2.45, 2.75) is 59.9 Å². The van der Waals surface area contributed by atoms with Crippen LogP contribution in [0.15, 0.2) is 16.3 Å². The third kappa shape index (κ3) is 4.69. The Morgan fingerprint density at radius 3 is 2.33 bits per heavy atom. The van der Waals surface area contributed by atoms with E-state index >= 15 is 0 Å². The van der Waals surface area contributed by atoms with Crippen LogP contribution < -0.4 is 0 Å². The average molecular weight is 295 g/mol. The number of carbonyl (C=O) groups excluding carboxylic acids is 1. The molecule has 0 fully saturated rings. The fourth-order valence-electron chi connectivity index (χ4n) is 2.65. The second-order valence-corrected chi connectivity index (χ2v) is 6.96. The summed E-state index contributed by atoms with van der Waals surface area (Å²) in [6.07, 6.45) is 1.14. The van der Waals surface area contributed by atoms with Gasteiger partial charge < -0.3 is 10.2 Å². The monoisotopic (exact) mass is 295 g/mol. The van der Waals surface area contributed by atoms with Gasteiger partial charge in [0.1, 0.15) is 11.8 Å². The van der Waals surface area contributed by atoms with Crippen molar-refractivity contribution in [1.82, 2.24) is 0 Å². The summed E-state index contributed by atoms with van der Waals surface area (Å²) in [4.78, 5) is 27.6. The van der Waals surface area contributed by atoms with Crippen LogP contribution in [0.3, 0.4) is 0 Å². The molecule has 0 radical (unpaired) electrons. The molecule has 0 unspecified atom stereocenters. The number of aliphatic hydroxyl groups is 1. The lowest BCUT2D eigenvalue weighted by molar-refractivity contribution is -0.138. The van der Waals surface area contributed by atoms with Gasteiger partial charge >= 0.3 is 5.97 Å². The first-order valence-corrected chi connectivity index (χ1v) is 7.26. The molecule has 0 aromatic carbocycles. The van der Waals surface area contributed by atoms with E-state index in [2.05, 4.69) is 4.99 Å². The van der Waals surface area contributed by atoms with Crippen LogP contribution >= 0.6 is 0 Å². The number of nitrogens with zero attached hydrogens (tertiary/aromatic N) is 1. The van der Waals surface area contributed by atoms with Gasteiger partial charge in [-0.25, -0.2) is 4.79 Å². The number of ketones is 1. The molecule has 0 heterocycles. The normalized spacial score (nSPS) is 20.9. The molecule has 1 atom stereocenters. The number of hydrogen-bond donors (Lipinski definition) is 2. The summed E-state index contributed by atoms with van der Waals surface area (Å²) < 4.78 is 0. The number of carboxylic acids is 1. The average Bonchev–Trinajstić information content (AvgIpc) is 2.23. The number of aliphatic carboxylic acids is 1. The maximum Gasteiger partial charge on any atom is 0.328 e. The molecule has 5 nitrogen and oxygen atoms in total. The Balaban J connectivity index is 3.10. The fraction of sp³-hybridized carbons (Fsp3) is 0.688. The molecule has 0 aliphatic heterocycles. The summed E-state index contributed by atoms with van der Waals surface area (Å²) in [5.41, 5.74) is 0.250. The van der Waals surface area contributed by atoms with Crippen molar-refractivity contribution in [2.24, 2.45) is 16.3 Å². The molecule has 21 heavy (non-hydrogen) atoms. The number of hydrogen-bond acceptors (Lipinski definition) is 4. The summed E-state index contributed by atoms with van der Waals surface area (Å²) in [6, 6.07) is -0.881. The highest BCUT2D eigenvalue weighted by Gasteiger charge is 2.34. The van der Waals surface area contributed by atoms with Crippen molar-refractivity contribution < 1.29 is 19.8 Å². The SMILES string of the molecule is CC(=N[C@@H](CC(C)C)C(=O)O)C1=C(O)CC(C)(C)CC1=O. The second-order valence-electron chi connectivity index (χ2n) is 6.96. The van der Waals surface area contributed by atoms with E-state index in [-0.39, 0.29) is 28.4 Å². The molecule has 0 aromatic heterocycles. The van der Waals surface area contributed by atoms with E-state index in [0.717, 1.165) is 0 Å². The number of carbonyl (C=O) groups is 2. The molecular weight excluding hydrogens is 270 g/mol. The van der Waals surface area contributed by atoms with Crippen molar-refractivity contribution in [1.29, 1.82) is 0 Å². The van der Waals surface area contributed by atoms with Crippen LogP contribution in [0.4, 0.5) is 0 Å². The Hall–Kier alpha value is -1.65. The van der Waals surface area contributed by atoms with Gasteiger partial charge in [-0.15, -0.1) is 0 Å². The summed E-state index contributed by atoms with van der Waals surface area (Å²) in [6.45, 7) is 9.28. The van der Waals surface area contributed by atoms with Gasteiger partial charge in [0, 0.05) is 18.6 Å². The molecule has 0 saturated carbocycles. The maximum atomic E-state index is 12.2. The number of aliphatic hydroxyl groups excluding tert-OH is 1. The van der Waals surface area contributed by atoms with Gasteiger partial charge in [-0.3, -0.25) is 9.79 Å². The van der Waals surface area contributed by atoms with Gasteiger partial charge in [0.2, 0.25) is 0 Å². The van der Waals surface area contributed by atoms with Crippen molar-refractivity contribution in [2.75, 3.05) is 0 Å². The second kappa shape index (κ2) is 6.41. The molecule has 118 valence electrons. The van der Waals surface area contributed by atoms with Gasteiger partial charge in [-0.2, -0.15) is 0 Å². The minimum absolute atomic E-state index is 0.0196. The Bertz CT molecular complexity index is 500. The van der Waals surface area contributed by atoms with E-state index in [4.69, 9.17) is 0 Å². The number of carboxylic acid groups (broad SMARTS) is 1. The van der Waals surface area contributed by atoms with Crippen LogP contribution in [0.2, 0.25) is 0 Å². The molecule has 1 rings (SSSR count). The van der Waals surface area contributed by atoms with Crippen LogP contribution in [-0.2, 0) is 9.59 Å². The maximum absolute atomic E-state index is 12.2. The van der Waals surface area contributed by atoms with Crippen molar-refractivity contribution in [3.8, 4) is 0 Å². The summed E-state index contributed by atoms with van der Waals surface area (Å²) in [5, 5.41) is 19.3. The van der Waals surface area contributed by atoms with E-state index in [9.17, 15) is 19.8 Å². The van der Waals surface area contributed by atoms with E-state index < -0.39 is 12.0 Å². The van der Waals surface area contributed by atoms with Crippen molar-refractivity contribution >= 4 is 17.5 Å². The lowest BCUT2D eigenvalue weighted by Crippen LogP contribution is -2.30. The van der Waals surface area contributed by atoms with Gasteiger partial charge in [-0.05, 0) is 24.7 Å². The molecule has 0 spiro atoms. The molecule has 5 heteroatoms. The molecule has 1 aliphatic carbocycles.